The Morgan fingerprint density at radius 3 is 2.24 bits per heavy atom. The molecular formula is C25H35Cl2NO5. The molecule has 4 unspecified atom stereocenters. The first-order valence-electron chi connectivity index (χ1n) is 11.6. The third-order valence-corrected chi connectivity index (χ3v) is 6.80. The average molecular weight is 500 g/mol. The van der Waals surface area contributed by atoms with Gasteiger partial charge in [0.25, 0.3) is 0 Å². The average Bonchev–Trinajstić information content (AvgIpc) is 2.81. The standard InChI is InChI=1S/C25H35Cl2NO5/c1-5-6-13-32-22-14-19(7-8-21(22)28(11-9-26)12-10-27)25(31)33-15-20-18(4)23(29)16(2)17(3)24(20)30/h7-8,14,16-18,20H,5-6,9-13,15H2,1-4H3. The van der Waals surface area contributed by atoms with Crippen LogP contribution in [0.25, 0.3) is 0 Å². The lowest BCUT2D eigenvalue weighted by atomic mass is 9.68. The van der Waals surface area contributed by atoms with Crippen molar-refractivity contribution in [3.8, 4) is 5.75 Å². The minimum Gasteiger partial charge on any atom is -0.491 e. The second kappa shape index (κ2) is 13.2. The minimum absolute atomic E-state index is 0.0286. The molecule has 33 heavy (non-hydrogen) atoms. The van der Waals surface area contributed by atoms with Gasteiger partial charge in [-0.05, 0) is 24.6 Å². The van der Waals surface area contributed by atoms with Gasteiger partial charge in [0.2, 0.25) is 0 Å². The molecule has 1 aliphatic rings. The SMILES string of the molecule is CCCCOc1cc(C(=O)OCC2C(=O)C(C)C(C)C(=O)C2C)ccc1N(CCCl)CCCl. The van der Waals surface area contributed by atoms with Gasteiger partial charge in [-0.3, -0.25) is 9.59 Å². The van der Waals surface area contributed by atoms with E-state index in [2.05, 4.69) is 6.92 Å². The van der Waals surface area contributed by atoms with Crippen molar-refractivity contribution in [1.82, 2.24) is 0 Å². The molecule has 0 N–H and O–H groups in total. The number of hydrogen-bond acceptors (Lipinski definition) is 6. The molecule has 1 aromatic rings. The summed E-state index contributed by atoms with van der Waals surface area (Å²) in [6.45, 7) is 8.94. The number of ether oxygens (including phenoxy) is 2. The second-order valence-electron chi connectivity index (χ2n) is 8.63. The number of hydrogen-bond donors (Lipinski definition) is 0. The predicted octanol–water partition coefficient (Wildman–Crippen LogP) is 4.98. The van der Waals surface area contributed by atoms with Crippen LogP contribution in [0.4, 0.5) is 5.69 Å². The summed E-state index contributed by atoms with van der Waals surface area (Å²) < 4.78 is 11.5. The molecule has 0 radical (unpaired) electrons. The summed E-state index contributed by atoms with van der Waals surface area (Å²) in [6, 6.07) is 5.13. The lowest BCUT2D eigenvalue weighted by Gasteiger charge is -2.34. The van der Waals surface area contributed by atoms with Crippen molar-refractivity contribution in [3.05, 3.63) is 23.8 Å². The van der Waals surface area contributed by atoms with Crippen LogP contribution < -0.4 is 9.64 Å². The topological polar surface area (TPSA) is 72.9 Å². The number of anilines is 1. The number of ketones is 2. The zero-order valence-electron chi connectivity index (χ0n) is 19.9. The molecule has 6 nitrogen and oxygen atoms in total. The summed E-state index contributed by atoms with van der Waals surface area (Å²) in [5.74, 6) is -0.881. The smallest absolute Gasteiger partial charge is 0.338 e. The quantitative estimate of drug-likeness (QED) is 0.229. The molecule has 4 atom stereocenters. The highest BCUT2D eigenvalue weighted by Gasteiger charge is 2.44. The zero-order valence-corrected chi connectivity index (χ0v) is 21.5. The summed E-state index contributed by atoms with van der Waals surface area (Å²) in [7, 11) is 0. The zero-order chi connectivity index (χ0) is 24.5. The van der Waals surface area contributed by atoms with E-state index in [-0.39, 0.29) is 30.0 Å². The lowest BCUT2D eigenvalue weighted by Crippen LogP contribution is -2.46. The molecule has 2 rings (SSSR count). The monoisotopic (exact) mass is 499 g/mol. The van der Waals surface area contributed by atoms with E-state index in [1.165, 1.54) is 0 Å². The maximum atomic E-state index is 12.8. The van der Waals surface area contributed by atoms with Gasteiger partial charge in [0.1, 0.15) is 23.9 Å². The Labute approximate surface area is 206 Å². The normalized spacial score (nSPS) is 22.8. The lowest BCUT2D eigenvalue weighted by molar-refractivity contribution is -0.146. The number of Topliss-reactive ketones (excluding diaryl/α,β-unsaturated/α-hetero) is 2. The van der Waals surface area contributed by atoms with E-state index < -0.39 is 17.8 Å². The van der Waals surface area contributed by atoms with Gasteiger partial charge < -0.3 is 14.4 Å². The molecule has 8 heteroatoms. The first kappa shape index (κ1) is 27.5. The van der Waals surface area contributed by atoms with Crippen molar-refractivity contribution in [2.75, 3.05) is 43.0 Å². The van der Waals surface area contributed by atoms with Gasteiger partial charge >= 0.3 is 5.97 Å². The minimum atomic E-state index is -0.616. The number of benzene rings is 1. The van der Waals surface area contributed by atoms with Crippen molar-refractivity contribution in [1.29, 1.82) is 0 Å². The van der Waals surface area contributed by atoms with E-state index in [0.717, 1.165) is 18.5 Å². The van der Waals surface area contributed by atoms with Crippen LogP contribution in [0, 0.1) is 23.7 Å². The number of halogens is 2. The highest BCUT2D eigenvalue weighted by molar-refractivity contribution is 6.18. The van der Waals surface area contributed by atoms with Crippen molar-refractivity contribution >= 4 is 46.4 Å². The molecular weight excluding hydrogens is 465 g/mol. The summed E-state index contributed by atoms with van der Waals surface area (Å²) in [6.07, 6.45) is 1.86. The van der Waals surface area contributed by atoms with Gasteiger partial charge in [0.05, 0.1) is 23.8 Å². The van der Waals surface area contributed by atoms with Gasteiger partial charge in [-0.25, -0.2) is 4.79 Å². The second-order valence-corrected chi connectivity index (χ2v) is 9.38. The van der Waals surface area contributed by atoms with Crippen molar-refractivity contribution in [2.45, 2.75) is 40.5 Å². The Hall–Kier alpha value is -1.79. The van der Waals surface area contributed by atoms with Crippen LogP contribution in [0.1, 0.15) is 50.9 Å². The molecule has 0 amide bonds. The molecule has 1 fully saturated rings. The van der Waals surface area contributed by atoms with Crippen LogP contribution in [-0.2, 0) is 14.3 Å². The Morgan fingerprint density at radius 2 is 1.64 bits per heavy atom. The first-order valence-corrected chi connectivity index (χ1v) is 12.7. The first-order chi connectivity index (χ1) is 15.8. The van der Waals surface area contributed by atoms with Crippen molar-refractivity contribution < 1.29 is 23.9 Å². The number of esters is 1. The molecule has 0 bridgehead atoms. The fourth-order valence-electron chi connectivity index (χ4n) is 4.07. The van der Waals surface area contributed by atoms with E-state index >= 15 is 0 Å². The Morgan fingerprint density at radius 1 is 1.00 bits per heavy atom. The van der Waals surface area contributed by atoms with Gasteiger partial charge in [-0.15, -0.1) is 23.2 Å². The Balaban J connectivity index is 2.19. The van der Waals surface area contributed by atoms with Crippen LogP contribution in [-0.4, -0.2) is 55.6 Å². The predicted molar refractivity (Wildman–Crippen MR) is 132 cm³/mol. The maximum absolute atomic E-state index is 12.8. The van der Waals surface area contributed by atoms with Gasteiger partial charge in [0, 0.05) is 42.6 Å². The van der Waals surface area contributed by atoms with Gasteiger partial charge in [-0.1, -0.05) is 34.1 Å². The molecule has 0 aromatic heterocycles. The number of carbonyl (C=O) groups excluding carboxylic acids is 3. The molecule has 0 aliphatic heterocycles. The Kier molecular flexibility index (Phi) is 11.0. The molecule has 0 heterocycles. The van der Waals surface area contributed by atoms with Crippen molar-refractivity contribution in [2.24, 2.45) is 23.7 Å². The number of alkyl halides is 2. The number of carbonyl (C=O) groups is 3. The van der Waals surface area contributed by atoms with E-state index in [1.54, 1.807) is 39.0 Å². The van der Waals surface area contributed by atoms with E-state index in [9.17, 15) is 14.4 Å². The van der Waals surface area contributed by atoms with Gasteiger partial charge in [-0.2, -0.15) is 0 Å². The fraction of sp³-hybridized carbons (Fsp3) is 0.640. The molecule has 1 saturated carbocycles. The molecule has 0 saturated heterocycles. The fourth-order valence-corrected chi connectivity index (χ4v) is 4.47. The Bertz CT molecular complexity index is 825. The number of unbranched alkanes of at least 4 members (excludes halogenated alkanes) is 1. The number of rotatable bonds is 12. The van der Waals surface area contributed by atoms with Crippen LogP contribution in [0.3, 0.4) is 0 Å². The highest BCUT2D eigenvalue weighted by atomic mass is 35.5. The largest absolute Gasteiger partial charge is 0.491 e. The van der Waals surface area contributed by atoms with Gasteiger partial charge in [0.15, 0.2) is 0 Å². The third-order valence-electron chi connectivity index (χ3n) is 6.46. The summed E-state index contributed by atoms with van der Waals surface area (Å²) in [5.41, 5.74) is 1.14. The molecule has 1 aromatic carbocycles. The number of nitrogens with zero attached hydrogens (tertiary/aromatic N) is 1. The van der Waals surface area contributed by atoms with E-state index in [1.807, 2.05) is 4.90 Å². The summed E-state index contributed by atoms with van der Waals surface area (Å²) in [4.78, 5) is 40.0. The summed E-state index contributed by atoms with van der Waals surface area (Å²) >= 11 is 11.9. The van der Waals surface area contributed by atoms with Crippen LogP contribution in [0.2, 0.25) is 0 Å². The van der Waals surface area contributed by atoms with Crippen LogP contribution in [0.5, 0.6) is 5.75 Å². The van der Waals surface area contributed by atoms with Crippen molar-refractivity contribution in [3.63, 3.8) is 0 Å². The molecule has 1 aliphatic carbocycles. The molecule has 184 valence electrons. The van der Waals surface area contributed by atoms with Crippen LogP contribution in [0.15, 0.2) is 18.2 Å². The highest BCUT2D eigenvalue weighted by Crippen LogP contribution is 2.33. The van der Waals surface area contributed by atoms with E-state index in [0.29, 0.717) is 42.8 Å². The van der Waals surface area contributed by atoms with Crippen LogP contribution >= 0.6 is 23.2 Å². The summed E-state index contributed by atoms with van der Waals surface area (Å²) in [5, 5.41) is 0. The maximum Gasteiger partial charge on any atom is 0.338 e. The molecule has 0 spiro atoms. The third kappa shape index (κ3) is 6.86. The van der Waals surface area contributed by atoms with E-state index in [4.69, 9.17) is 32.7 Å².